The van der Waals surface area contributed by atoms with Gasteiger partial charge in [-0.15, -0.1) is 0 Å². The average molecular weight is 711 g/mol. The Hall–Kier alpha value is -6.78. The first-order valence-electron chi connectivity index (χ1n) is 14.5. The van der Waals surface area contributed by atoms with E-state index in [-0.39, 0.29) is 23.0 Å². The number of benzene rings is 3. The molecule has 0 fully saturated rings. The molecule has 268 valence electrons. The molecule has 0 amide bonds. The Bertz CT molecular complexity index is 1880. The molecule has 0 aliphatic carbocycles. The molecule has 17 heteroatoms. The van der Waals surface area contributed by atoms with E-state index in [2.05, 4.69) is 0 Å². The van der Waals surface area contributed by atoms with Gasteiger partial charge in [0.2, 0.25) is 5.75 Å². The minimum Gasteiger partial charge on any atom is -0.449 e. The van der Waals surface area contributed by atoms with Crippen LogP contribution >= 0.6 is 0 Å². The van der Waals surface area contributed by atoms with E-state index in [0.717, 1.165) is 85.7 Å². The smallest absolute Gasteiger partial charge is 0.308 e. The van der Waals surface area contributed by atoms with Gasteiger partial charge in [0.25, 0.3) is 0 Å². The molecule has 0 aliphatic heterocycles. The lowest BCUT2D eigenvalue weighted by Gasteiger charge is -2.23. The molecule has 0 N–H and O–H groups in total. The fourth-order valence-electron chi connectivity index (χ4n) is 4.31. The minimum atomic E-state index is -1.02. The molecule has 0 radical (unpaired) electrons. The van der Waals surface area contributed by atoms with Gasteiger partial charge in [0.05, 0.1) is 11.1 Å². The topological polar surface area (TPSA) is 220 Å². The van der Waals surface area contributed by atoms with Crippen LogP contribution in [-0.4, -0.2) is 47.8 Å². The molecular weight excluding hydrogens is 680 g/mol. The number of carbonyl (C=O) groups is 8. The van der Waals surface area contributed by atoms with Crippen LogP contribution in [-0.2, 0) is 38.4 Å². The maximum atomic E-state index is 12.7. The zero-order chi connectivity index (χ0) is 38.2. The molecule has 0 aliphatic rings. The maximum Gasteiger partial charge on any atom is 0.308 e. The molecule has 0 aromatic heterocycles. The summed E-state index contributed by atoms with van der Waals surface area (Å²) in [6.07, 6.45) is 0. The predicted molar refractivity (Wildman–Crippen MR) is 169 cm³/mol. The zero-order valence-electron chi connectivity index (χ0n) is 28.4. The fraction of sp³-hybridized carbons (Fsp3) is 0.235. The Balaban J connectivity index is 2.61. The molecule has 17 nitrogen and oxygen atoms in total. The van der Waals surface area contributed by atoms with E-state index in [1.807, 2.05) is 0 Å². The van der Waals surface area contributed by atoms with Crippen LogP contribution in [0, 0.1) is 0 Å². The van der Waals surface area contributed by atoms with Gasteiger partial charge in [-0.2, -0.15) is 0 Å². The van der Waals surface area contributed by atoms with Crippen molar-refractivity contribution in [3.05, 3.63) is 36.4 Å². The third-order valence-electron chi connectivity index (χ3n) is 5.57. The number of rotatable bonds is 11. The lowest BCUT2D eigenvalue weighted by atomic mass is 9.99. The van der Waals surface area contributed by atoms with Gasteiger partial charge < -0.3 is 42.6 Å². The van der Waals surface area contributed by atoms with E-state index in [1.54, 1.807) is 0 Å². The summed E-state index contributed by atoms with van der Waals surface area (Å²) < 4.78 is 48.6. The van der Waals surface area contributed by atoms with Crippen LogP contribution < -0.4 is 42.6 Å². The third kappa shape index (κ3) is 11.1. The van der Waals surface area contributed by atoms with Crippen LogP contribution in [0.15, 0.2) is 36.4 Å². The van der Waals surface area contributed by atoms with Gasteiger partial charge >= 0.3 is 47.8 Å². The summed E-state index contributed by atoms with van der Waals surface area (Å²) in [7, 11) is 0. The van der Waals surface area contributed by atoms with E-state index in [0.29, 0.717) is 0 Å². The molecule has 0 bridgehead atoms. The Morgan fingerprint density at radius 3 is 1.00 bits per heavy atom. The lowest BCUT2D eigenvalue weighted by Crippen LogP contribution is -2.13. The Morgan fingerprint density at radius 2 is 0.627 bits per heavy atom. The van der Waals surface area contributed by atoms with Gasteiger partial charge in [0.15, 0.2) is 11.5 Å². The average Bonchev–Trinajstić information content (AvgIpc) is 2.93. The Labute approximate surface area is 289 Å². The first kappa shape index (κ1) is 38.7. The van der Waals surface area contributed by atoms with E-state index >= 15 is 0 Å². The summed E-state index contributed by atoms with van der Waals surface area (Å²) in [5.74, 6) is -11.2. The van der Waals surface area contributed by atoms with Crippen LogP contribution in [0.5, 0.6) is 57.5 Å². The number of esters is 8. The van der Waals surface area contributed by atoms with Gasteiger partial charge in [0.1, 0.15) is 40.2 Å². The highest BCUT2D eigenvalue weighted by atomic mass is 16.6. The number of ether oxygens (including phenoxy) is 9. The highest BCUT2D eigenvalue weighted by Crippen LogP contribution is 2.57. The second kappa shape index (κ2) is 16.6. The van der Waals surface area contributed by atoms with E-state index in [4.69, 9.17) is 42.6 Å². The highest BCUT2D eigenvalue weighted by molar-refractivity contribution is 5.95. The Morgan fingerprint density at radius 1 is 0.314 bits per heavy atom. The summed E-state index contributed by atoms with van der Waals surface area (Å²) in [5.41, 5.74) is -0.846. The van der Waals surface area contributed by atoms with Crippen LogP contribution in [0.1, 0.15) is 55.4 Å². The third-order valence-corrected chi connectivity index (χ3v) is 5.57. The van der Waals surface area contributed by atoms with Gasteiger partial charge in [0, 0.05) is 91.8 Å². The van der Waals surface area contributed by atoms with Crippen molar-refractivity contribution in [3.8, 4) is 68.6 Å². The van der Waals surface area contributed by atoms with Gasteiger partial charge in [-0.3, -0.25) is 38.4 Å². The van der Waals surface area contributed by atoms with Crippen molar-refractivity contribution >= 4 is 47.8 Å². The monoisotopic (exact) mass is 710 g/mol. The molecule has 0 heterocycles. The van der Waals surface area contributed by atoms with Crippen molar-refractivity contribution in [2.75, 3.05) is 0 Å². The molecule has 3 aromatic rings. The van der Waals surface area contributed by atoms with Crippen molar-refractivity contribution < 1.29 is 81.0 Å². The van der Waals surface area contributed by atoms with E-state index in [9.17, 15) is 38.4 Å². The molecule has 0 saturated heterocycles. The van der Waals surface area contributed by atoms with Crippen molar-refractivity contribution in [1.29, 1.82) is 0 Å². The van der Waals surface area contributed by atoms with Crippen LogP contribution in [0.25, 0.3) is 11.1 Å². The molecule has 3 aromatic carbocycles. The molecule has 0 spiro atoms. The molecule has 0 atom stereocenters. The minimum absolute atomic E-state index is 0.175. The normalized spacial score (nSPS) is 10.2. The summed E-state index contributed by atoms with van der Waals surface area (Å²) in [6.45, 7) is 8.30. The van der Waals surface area contributed by atoms with Gasteiger partial charge in [-0.1, -0.05) is 0 Å². The van der Waals surface area contributed by atoms with Gasteiger partial charge in [-0.05, 0) is 0 Å². The standard InChI is InChI=1S/C34H30O17/c1-15(35)43-23-9-24(44-16(2)36)11-25(10-23)51-33-30(49-21(7)41)14-29(48-20(6)40)32(34(33)50-22(8)42)31-27(46-18(4)38)12-26(45-17(3)37)13-28(31)47-19(5)39/h9-14H,1-8H3. The summed E-state index contributed by atoms with van der Waals surface area (Å²) >= 11 is 0. The van der Waals surface area contributed by atoms with E-state index in [1.165, 1.54) is 6.07 Å². The molecule has 51 heavy (non-hydrogen) atoms. The molecule has 0 saturated carbocycles. The highest BCUT2D eigenvalue weighted by Gasteiger charge is 2.33. The SMILES string of the molecule is CC(=O)Oc1cc(OC(C)=O)cc(Oc2c(OC(C)=O)cc(OC(C)=O)c(-c3c(OC(C)=O)cc(OC(C)=O)cc3OC(C)=O)c2OC(C)=O)c1. The molecular formula is C34H30O17. The van der Waals surface area contributed by atoms with E-state index < -0.39 is 93.4 Å². The van der Waals surface area contributed by atoms with Crippen molar-refractivity contribution in [3.63, 3.8) is 0 Å². The number of hydrogen-bond acceptors (Lipinski definition) is 17. The first-order chi connectivity index (χ1) is 23.8. The largest absolute Gasteiger partial charge is 0.449 e. The summed E-state index contributed by atoms with van der Waals surface area (Å²) in [6, 6.07) is 6.57. The van der Waals surface area contributed by atoms with Gasteiger partial charge in [-0.25, -0.2) is 0 Å². The quantitative estimate of drug-likeness (QED) is 0.197. The second-order valence-corrected chi connectivity index (χ2v) is 10.2. The lowest BCUT2D eigenvalue weighted by molar-refractivity contribution is -0.134. The zero-order valence-corrected chi connectivity index (χ0v) is 28.4. The summed E-state index contributed by atoms with van der Waals surface area (Å²) in [5, 5.41) is 0. The van der Waals surface area contributed by atoms with Crippen LogP contribution in [0.2, 0.25) is 0 Å². The van der Waals surface area contributed by atoms with Crippen LogP contribution in [0.3, 0.4) is 0 Å². The first-order valence-corrected chi connectivity index (χ1v) is 14.5. The number of carbonyl (C=O) groups excluding carboxylic acids is 8. The number of hydrogen-bond donors (Lipinski definition) is 0. The predicted octanol–water partition coefficient (Wildman–Crippen LogP) is 4.55. The van der Waals surface area contributed by atoms with Crippen LogP contribution in [0.4, 0.5) is 0 Å². The van der Waals surface area contributed by atoms with Crippen molar-refractivity contribution in [2.24, 2.45) is 0 Å². The second-order valence-electron chi connectivity index (χ2n) is 10.2. The van der Waals surface area contributed by atoms with Crippen molar-refractivity contribution in [2.45, 2.75) is 55.4 Å². The Kier molecular flexibility index (Phi) is 12.6. The molecule has 0 unspecified atom stereocenters. The van der Waals surface area contributed by atoms with Crippen molar-refractivity contribution in [1.82, 2.24) is 0 Å². The fourth-order valence-corrected chi connectivity index (χ4v) is 4.31. The maximum absolute atomic E-state index is 12.7. The molecule has 3 rings (SSSR count). The summed E-state index contributed by atoms with van der Waals surface area (Å²) in [4.78, 5) is 97.4.